The topological polar surface area (TPSA) is 90.5 Å². The Bertz CT molecular complexity index is 698. The third kappa shape index (κ3) is 4.47. The van der Waals surface area contributed by atoms with E-state index in [-0.39, 0.29) is 23.8 Å². The highest BCUT2D eigenvalue weighted by Crippen LogP contribution is 2.22. The van der Waals surface area contributed by atoms with Crippen molar-refractivity contribution in [3.63, 3.8) is 0 Å². The highest BCUT2D eigenvalue weighted by molar-refractivity contribution is 6.01. The van der Waals surface area contributed by atoms with E-state index in [0.29, 0.717) is 18.7 Å². The standard InChI is InChI=1S/C20H28N4O3/c1-20(2,19(27)22-14-8-4-3-5-9-14)23-17(25)16-11-7-13-24(16)18(26)15-10-6-12-21-15/h3-5,8-9,15-16,21H,6-7,10-13H2,1-2H3,(H,22,27)(H,23,25). The van der Waals surface area contributed by atoms with Gasteiger partial charge in [-0.05, 0) is 58.2 Å². The zero-order chi connectivity index (χ0) is 19.4. The minimum Gasteiger partial charge on any atom is -0.340 e. The van der Waals surface area contributed by atoms with E-state index in [4.69, 9.17) is 0 Å². The first-order valence-electron chi connectivity index (χ1n) is 9.61. The Kier molecular flexibility index (Phi) is 5.79. The Labute approximate surface area is 159 Å². The van der Waals surface area contributed by atoms with Gasteiger partial charge in [0.2, 0.25) is 17.7 Å². The van der Waals surface area contributed by atoms with Crippen LogP contribution in [0, 0.1) is 0 Å². The van der Waals surface area contributed by atoms with Crippen molar-refractivity contribution in [2.45, 2.75) is 57.2 Å². The molecular weight excluding hydrogens is 344 g/mol. The third-order valence-electron chi connectivity index (χ3n) is 5.23. The summed E-state index contributed by atoms with van der Waals surface area (Å²) in [6.07, 6.45) is 3.22. The van der Waals surface area contributed by atoms with Crippen LogP contribution in [-0.2, 0) is 14.4 Å². The van der Waals surface area contributed by atoms with Crippen LogP contribution < -0.4 is 16.0 Å². The van der Waals surface area contributed by atoms with Gasteiger partial charge >= 0.3 is 0 Å². The molecule has 0 saturated carbocycles. The van der Waals surface area contributed by atoms with Crippen molar-refractivity contribution in [2.75, 3.05) is 18.4 Å². The van der Waals surface area contributed by atoms with Gasteiger partial charge in [0.15, 0.2) is 0 Å². The molecule has 27 heavy (non-hydrogen) atoms. The second-order valence-corrected chi connectivity index (χ2v) is 7.77. The molecule has 1 aromatic rings. The zero-order valence-electron chi connectivity index (χ0n) is 16.0. The van der Waals surface area contributed by atoms with Crippen molar-refractivity contribution in [3.8, 4) is 0 Å². The fraction of sp³-hybridized carbons (Fsp3) is 0.550. The summed E-state index contributed by atoms with van der Waals surface area (Å²) in [5, 5.41) is 8.84. The zero-order valence-corrected chi connectivity index (χ0v) is 16.0. The predicted octanol–water partition coefficient (Wildman–Crippen LogP) is 1.26. The van der Waals surface area contributed by atoms with E-state index in [1.807, 2.05) is 18.2 Å². The Morgan fingerprint density at radius 1 is 1.11 bits per heavy atom. The van der Waals surface area contributed by atoms with Crippen LogP contribution in [0.4, 0.5) is 5.69 Å². The minimum atomic E-state index is -1.09. The maximum atomic E-state index is 12.8. The molecule has 2 aliphatic rings. The molecule has 2 heterocycles. The van der Waals surface area contributed by atoms with E-state index in [1.54, 1.807) is 30.9 Å². The fourth-order valence-corrected chi connectivity index (χ4v) is 3.66. The highest BCUT2D eigenvalue weighted by atomic mass is 16.2. The number of anilines is 1. The molecule has 146 valence electrons. The van der Waals surface area contributed by atoms with Gasteiger partial charge < -0.3 is 20.9 Å². The lowest BCUT2D eigenvalue weighted by molar-refractivity contribution is -0.141. The molecular formula is C20H28N4O3. The largest absolute Gasteiger partial charge is 0.340 e. The predicted molar refractivity (Wildman–Crippen MR) is 103 cm³/mol. The van der Waals surface area contributed by atoms with Crippen molar-refractivity contribution in [1.82, 2.24) is 15.5 Å². The van der Waals surface area contributed by atoms with E-state index < -0.39 is 11.6 Å². The van der Waals surface area contributed by atoms with E-state index in [9.17, 15) is 14.4 Å². The van der Waals surface area contributed by atoms with Crippen LogP contribution in [0.1, 0.15) is 39.5 Å². The SMILES string of the molecule is CC(C)(NC(=O)C1CCCN1C(=O)C1CCCN1)C(=O)Nc1ccccc1. The third-order valence-corrected chi connectivity index (χ3v) is 5.23. The molecule has 2 unspecified atom stereocenters. The number of carbonyl (C=O) groups excluding carboxylic acids is 3. The number of benzene rings is 1. The number of nitrogens with zero attached hydrogens (tertiary/aromatic N) is 1. The number of hydrogen-bond acceptors (Lipinski definition) is 4. The molecule has 3 rings (SSSR count). The minimum absolute atomic E-state index is 0.00306. The summed E-state index contributed by atoms with van der Waals surface area (Å²) in [6, 6.07) is 8.42. The summed E-state index contributed by atoms with van der Waals surface area (Å²) < 4.78 is 0. The quantitative estimate of drug-likeness (QED) is 0.726. The van der Waals surface area contributed by atoms with Crippen LogP contribution in [0.3, 0.4) is 0 Å². The molecule has 2 atom stereocenters. The second-order valence-electron chi connectivity index (χ2n) is 7.77. The van der Waals surface area contributed by atoms with Crippen molar-refractivity contribution < 1.29 is 14.4 Å². The number of amides is 3. The molecule has 2 fully saturated rings. The molecule has 3 amide bonds. The summed E-state index contributed by atoms with van der Waals surface area (Å²) >= 11 is 0. The number of carbonyl (C=O) groups is 3. The van der Waals surface area contributed by atoms with Gasteiger partial charge in [0.25, 0.3) is 0 Å². The van der Waals surface area contributed by atoms with Gasteiger partial charge in [-0.15, -0.1) is 0 Å². The number of likely N-dealkylation sites (tertiary alicyclic amines) is 1. The fourth-order valence-electron chi connectivity index (χ4n) is 3.66. The van der Waals surface area contributed by atoms with E-state index >= 15 is 0 Å². The van der Waals surface area contributed by atoms with Crippen LogP contribution >= 0.6 is 0 Å². The summed E-state index contributed by atoms with van der Waals surface area (Å²) in [7, 11) is 0. The molecule has 2 aliphatic heterocycles. The van der Waals surface area contributed by atoms with Gasteiger partial charge in [-0.25, -0.2) is 0 Å². The number of nitrogens with one attached hydrogen (secondary N) is 3. The maximum absolute atomic E-state index is 12.8. The summed E-state index contributed by atoms with van der Waals surface area (Å²) in [6.45, 7) is 4.77. The van der Waals surface area contributed by atoms with E-state index in [2.05, 4.69) is 16.0 Å². The summed E-state index contributed by atoms with van der Waals surface area (Å²) in [5.41, 5.74) is -0.412. The van der Waals surface area contributed by atoms with Gasteiger partial charge in [-0.3, -0.25) is 14.4 Å². The molecule has 0 bridgehead atoms. The number of rotatable bonds is 5. The average Bonchev–Trinajstić information content (AvgIpc) is 3.33. The normalized spacial score (nSPS) is 22.5. The molecule has 1 aromatic carbocycles. The lowest BCUT2D eigenvalue weighted by Crippen LogP contribution is -2.58. The Hall–Kier alpha value is -2.41. The Balaban J connectivity index is 1.62. The van der Waals surface area contributed by atoms with Crippen LogP contribution in [0.2, 0.25) is 0 Å². The molecule has 3 N–H and O–H groups in total. The molecule has 0 aliphatic carbocycles. The van der Waals surface area contributed by atoms with Gasteiger partial charge in [-0.1, -0.05) is 18.2 Å². The number of hydrogen-bond donors (Lipinski definition) is 3. The monoisotopic (exact) mass is 372 g/mol. The molecule has 0 radical (unpaired) electrons. The number of para-hydroxylation sites is 1. The van der Waals surface area contributed by atoms with Gasteiger partial charge in [0.1, 0.15) is 11.6 Å². The first-order valence-corrected chi connectivity index (χ1v) is 9.61. The molecule has 7 heteroatoms. The second kappa shape index (κ2) is 8.08. The maximum Gasteiger partial charge on any atom is 0.249 e. The summed E-state index contributed by atoms with van der Waals surface area (Å²) in [4.78, 5) is 39.8. The van der Waals surface area contributed by atoms with Crippen LogP contribution in [0.5, 0.6) is 0 Å². The van der Waals surface area contributed by atoms with E-state index in [1.165, 1.54) is 0 Å². The lowest BCUT2D eigenvalue weighted by Gasteiger charge is -2.31. The van der Waals surface area contributed by atoms with Gasteiger partial charge in [-0.2, -0.15) is 0 Å². The first kappa shape index (κ1) is 19.4. The van der Waals surface area contributed by atoms with Crippen molar-refractivity contribution >= 4 is 23.4 Å². The van der Waals surface area contributed by atoms with Crippen molar-refractivity contribution in [2.24, 2.45) is 0 Å². The Morgan fingerprint density at radius 2 is 1.85 bits per heavy atom. The van der Waals surface area contributed by atoms with Crippen molar-refractivity contribution in [3.05, 3.63) is 30.3 Å². The van der Waals surface area contributed by atoms with E-state index in [0.717, 1.165) is 25.8 Å². The molecule has 0 aromatic heterocycles. The molecule has 2 saturated heterocycles. The highest BCUT2D eigenvalue weighted by Gasteiger charge is 2.40. The first-order chi connectivity index (χ1) is 12.9. The van der Waals surface area contributed by atoms with Crippen LogP contribution in [0.25, 0.3) is 0 Å². The average molecular weight is 372 g/mol. The van der Waals surface area contributed by atoms with Crippen LogP contribution in [-0.4, -0.2) is 53.3 Å². The molecule has 0 spiro atoms. The Morgan fingerprint density at radius 3 is 2.52 bits per heavy atom. The van der Waals surface area contributed by atoms with Crippen molar-refractivity contribution in [1.29, 1.82) is 0 Å². The molecule has 7 nitrogen and oxygen atoms in total. The lowest BCUT2D eigenvalue weighted by atomic mass is 10.0. The summed E-state index contributed by atoms with van der Waals surface area (Å²) in [5.74, 6) is -0.570. The van der Waals surface area contributed by atoms with Gasteiger partial charge in [0.05, 0.1) is 6.04 Å². The smallest absolute Gasteiger partial charge is 0.249 e. The van der Waals surface area contributed by atoms with Crippen LogP contribution in [0.15, 0.2) is 30.3 Å². The van der Waals surface area contributed by atoms with Gasteiger partial charge in [0, 0.05) is 12.2 Å².